The summed E-state index contributed by atoms with van der Waals surface area (Å²) in [4.78, 5) is 26.5. The number of nitrogens with one attached hydrogen (secondary N) is 1. The summed E-state index contributed by atoms with van der Waals surface area (Å²) in [5.41, 5.74) is -0.525. The predicted octanol–water partition coefficient (Wildman–Crippen LogP) is 2.31. The van der Waals surface area contributed by atoms with Gasteiger partial charge in [0, 0.05) is 39.0 Å². The van der Waals surface area contributed by atoms with Crippen molar-refractivity contribution < 1.29 is 14.3 Å². The number of hydrogen-bond acceptors (Lipinski definition) is 5. The second-order valence-corrected chi connectivity index (χ2v) is 8.80. The van der Waals surface area contributed by atoms with Crippen LogP contribution in [0.2, 0.25) is 0 Å². The van der Waals surface area contributed by atoms with E-state index in [1.807, 2.05) is 20.8 Å². The summed E-state index contributed by atoms with van der Waals surface area (Å²) in [5.74, 6) is 1.84. The molecule has 1 unspecified atom stereocenters. The zero-order valence-corrected chi connectivity index (χ0v) is 17.4. The Balaban J connectivity index is 1.47. The third-order valence-corrected chi connectivity index (χ3v) is 5.28. The van der Waals surface area contributed by atoms with Crippen molar-refractivity contribution in [2.75, 3.05) is 19.6 Å². The molecule has 0 spiro atoms. The number of amides is 2. The highest BCUT2D eigenvalue weighted by atomic mass is 16.6. The second-order valence-electron chi connectivity index (χ2n) is 8.80. The Bertz CT molecular complexity index is 695. The van der Waals surface area contributed by atoms with Crippen LogP contribution in [-0.2, 0) is 28.9 Å². The second kappa shape index (κ2) is 8.92. The average molecular weight is 392 g/mol. The number of likely N-dealkylation sites (tertiary alicyclic amines) is 1. The number of rotatable bonds is 4. The van der Waals surface area contributed by atoms with Gasteiger partial charge in [0.05, 0.1) is 5.92 Å². The molecule has 0 bridgehead atoms. The Morgan fingerprint density at radius 3 is 2.75 bits per heavy atom. The number of hydrogen-bond donors (Lipinski definition) is 1. The molecule has 3 rings (SSSR count). The lowest BCUT2D eigenvalue weighted by Crippen LogP contribution is -2.47. The van der Waals surface area contributed by atoms with Crippen LogP contribution in [0.5, 0.6) is 0 Å². The van der Waals surface area contributed by atoms with E-state index in [2.05, 4.69) is 20.1 Å². The zero-order valence-electron chi connectivity index (χ0n) is 17.4. The van der Waals surface area contributed by atoms with Crippen molar-refractivity contribution in [3.05, 3.63) is 11.6 Å². The van der Waals surface area contributed by atoms with Gasteiger partial charge in [0.2, 0.25) is 5.91 Å². The largest absolute Gasteiger partial charge is 0.444 e. The smallest absolute Gasteiger partial charge is 0.410 e. The minimum atomic E-state index is -0.525. The number of nitrogens with zero attached hydrogens (tertiary/aromatic N) is 4. The molecule has 2 amide bonds. The molecule has 8 nitrogen and oxygen atoms in total. The quantitative estimate of drug-likeness (QED) is 0.851. The van der Waals surface area contributed by atoms with Crippen molar-refractivity contribution in [3.63, 3.8) is 0 Å². The van der Waals surface area contributed by atoms with E-state index in [0.717, 1.165) is 43.9 Å². The fraction of sp³-hybridized carbons (Fsp3) is 0.800. The molecule has 28 heavy (non-hydrogen) atoms. The first-order valence-electron chi connectivity index (χ1n) is 10.5. The molecule has 2 aliphatic heterocycles. The molecule has 1 N–H and O–H groups in total. The molecule has 0 radical (unpaired) electrons. The Kier molecular flexibility index (Phi) is 6.57. The van der Waals surface area contributed by atoms with Crippen molar-refractivity contribution in [1.82, 2.24) is 25.0 Å². The van der Waals surface area contributed by atoms with Gasteiger partial charge < -0.3 is 19.5 Å². The van der Waals surface area contributed by atoms with E-state index in [1.54, 1.807) is 4.90 Å². The van der Waals surface area contributed by atoms with E-state index in [1.165, 1.54) is 12.8 Å². The monoisotopic (exact) mass is 391 g/mol. The number of piperidine rings is 1. The van der Waals surface area contributed by atoms with Crippen molar-refractivity contribution in [2.45, 2.75) is 77.9 Å². The van der Waals surface area contributed by atoms with Crippen molar-refractivity contribution in [2.24, 2.45) is 5.92 Å². The maximum atomic E-state index is 12.6. The summed E-state index contributed by atoms with van der Waals surface area (Å²) >= 11 is 0. The maximum absolute atomic E-state index is 12.6. The van der Waals surface area contributed by atoms with Gasteiger partial charge in [-0.05, 0) is 46.5 Å². The van der Waals surface area contributed by atoms with Gasteiger partial charge in [0.25, 0.3) is 0 Å². The number of aryl methyl sites for hydroxylation is 1. The zero-order chi connectivity index (χ0) is 20.1. The van der Waals surface area contributed by atoms with Gasteiger partial charge in [-0.3, -0.25) is 4.79 Å². The summed E-state index contributed by atoms with van der Waals surface area (Å²) in [6.45, 7) is 8.13. The topological polar surface area (TPSA) is 89.3 Å². The number of fused-ring (bicyclic) bond motifs is 1. The van der Waals surface area contributed by atoms with Gasteiger partial charge in [-0.2, -0.15) is 0 Å². The third kappa shape index (κ3) is 5.45. The molecule has 1 atom stereocenters. The number of ether oxygens (including phenoxy) is 1. The minimum Gasteiger partial charge on any atom is -0.444 e. The standard InChI is InChI=1S/C20H33N5O3/c1-20(2,3)28-19(27)24-12-7-8-15(14-24)18(26)21-11-10-17-23-22-16-9-5-4-6-13-25(16)17/h15H,4-14H2,1-3H3,(H,21,26). The molecule has 3 heterocycles. The summed E-state index contributed by atoms with van der Waals surface area (Å²) in [6, 6.07) is 0. The van der Waals surface area contributed by atoms with Gasteiger partial charge in [-0.25, -0.2) is 4.79 Å². The lowest BCUT2D eigenvalue weighted by molar-refractivity contribution is -0.126. The van der Waals surface area contributed by atoms with E-state index in [9.17, 15) is 9.59 Å². The molecule has 1 saturated heterocycles. The van der Waals surface area contributed by atoms with Crippen LogP contribution in [0.4, 0.5) is 4.79 Å². The Morgan fingerprint density at radius 2 is 1.96 bits per heavy atom. The molecule has 8 heteroatoms. The molecular formula is C20H33N5O3. The molecule has 0 saturated carbocycles. The van der Waals surface area contributed by atoms with E-state index in [-0.39, 0.29) is 17.9 Å². The van der Waals surface area contributed by atoms with Crippen LogP contribution in [0.15, 0.2) is 0 Å². The molecule has 0 aromatic carbocycles. The van der Waals surface area contributed by atoms with Gasteiger partial charge in [0.15, 0.2) is 0 Å². The maximum Gasteiger partial charge on any atom is 0.410 e. The van der Waals surface area contributed by atoms with E-state index in [4.69, 9.17) is 4.74 Å². The molecular weight excluding hydrogens is 358 g/mol. The van der Waals surface area contributed by atoms with E-state index < -0.39 is 5.60 Å². The van der Waals surface area contributed by atoms with E-state index in [0.29, 0.717) is 26.1 Å². The van der Waals surface area contributed by atoms with Crippen LogP contribution in [0.25, 0.3) is 0 Å². The lowest BCUT2D eigenvalue weighted by atomic mass is 9.97. The van der Waals surface area contributed by atoms with Crippen LogP contribution in [-0.4, -0.2) is 56.9 Å². The fourth-order valence-corrected chi connectivity index (χ4v) is 3.86. The van der Waals surface area contributed by atoms with Gasteiger partial charge in [-0.15, -0.1) is 10.2 Å². The first-order chi connectivity index (χ1) is 13.3. The fourth-order valence-electron chi connectivity index (χ4n) is 3.86. The number of carbonyl (C=O) groups excluding carboxylic acids is 2. The highest BCUT2D eigenvalue weighted by Gasteiger charge is 2.31. The predicted molar refractivity (Wildman–Crippen MR) is 105 cm³/mol. The van der Waals surface area contributed by atoms with Crippen LogP contribution in [0.1, 0.15) is 64.5 Å². The number of aromatic nitrogens is 3. The summed E-state index contributed by atoms with van der Waals surface area (Å²) in [5, 5.41) is 11.6. The molecule has 1 fully saturated rings. The van der Waals surface area contributed by atoms with Crippen molar-refractivity contribution in [1.29, 1.82) is 0 Å². The SMILES string of the molecule is CC(C)(C)OC(=O)N1CCCC(C(=O)NCCc2nnc3n2CCCCC3)C1. The molecule has 1 aromatic rings. The Hall–Kier alpha value is -2.12. The molecule has 0 aliphatic carbocycles. The first kappa shape index (κ1) is 20.6. The first-order valence-corrected chi connectivity index (χ1v) is 10.5. The van der Waals surface area contributed by atoms with Crippen LogP contribution >= 0.6 is 0 Å². The minimum absolute atomic E-state index is 0.00358. The van der Waals surface area contributed by atoms with E-state index >= 15 is 0 Å². The van der Waals surface area contributed by atoms with Gasteiger partial charge in [0.1, 0.15) is 17.2 Å². The Morgan fingerprint density at radius 1 is 1.14 bits per heavy atom. The van der Waals surface area contributed by atoms with Crippen molar-refractivity contribution in [3.8, 4) is 0 Å². The number of carbonyl (C=O) groups is 2. The van der Waals surface area contributed by atoms with Crippen LogP contribution in [0.3, 0.4) is 0 Å². The summed E-state index contributed by atoms with van der Waals surface area (Å²) in [6.07, 6.45) is 6.51. The van der Waals surface area contributed by atoms with Crippen LogP contribution in [0, 0.1) is 5.92 Å². The summed E-state index contributed by atoms with van der Waals surface area (Å²) in [7, 11) is 0. The third-order valence-electron chi connectivity index (χ3n) is 5.28. The highest BCUT2D eigenvalue weighted by molar-refractivity contribution is 5.80. The Labute approximate surface area is 167 Å². The van der Waals surface area contributed by atoms with Gasteiger partial charge >= 0.3 is 6.09 Å². The van der Waals surface area contributed by atoms with Gasteiger partial charge in [-0.1, -0.05) is 6.42 Å². The lowest BCUT2D eigenvalue weighted by Gasteiger charge is -2.33. The van der Waals surface area contributed by atoms with Crippen LogP contribution < -0.4 is 5.32 Å². The molecule has 1 aromatic heterocycles. The normalized spacial score (nSPS) is 20.2. The highest BCUT2D eigenvalue weighted by Crippen LogP contribution is 2.20. The average Bonchev–Trinajstić information content (AvgIpc) is 2.87. The molecule has 2 aliphatic rings. The van der Waals surface area contributed by atoms with Crippen molar-refractivity contribution >= 4 is 12.0 Å². The summed E-state index contributed by atoms with van der Waals surface area (Å²) < 4.78 is 7.65. The molecule has 156 valence electrons.